The Balaban J connectivity index is 4.22. The molecule has 10 heavy (non-hydrogen) atoms. The molecule has 0 aliphatic heterocycles. The molecular weight excluding hydrogens is 130 g/mol. The highest BCUT2D eigenvalue weighted by molar-refractivity contribution is 5.80. The molecule has 3 N–H and O–H groups in total. The highest BCUT2D eigenvalue weighted by atomic mass is 16.4. The molecule has 0 aliphatic rings. The van der Waals surface area contributed by atoms with E-state index in [1.807, 2.05) is 6.92 Å². The van der Waals surface area contributed by atoms with E-state index in [9.17, 15) is 4.79 Å². The topological polar surface area (TPSA) is 63.3 Å². The molecule has 0 unspecified atom stereocenters. The van der Waals surface area contributed by atoms with E-state index in [-0.39, 0.29) is 0 Å². The van der Waals surface area contributed by atoms with Gasteiger partial charge in [0.05, 0.1) is 0 Å². The molecule has 0 aromatic rings. The molecule has 0 aromatic carbocycles. The third kappa shape index (κ3) is 1.84. The fraction of sp³-hybridized carbons (Fsp3) is 0.571. The number of hydrogen-bond acceptors (Lipinski definition) is 2. The monoisotopic (exact) mass is 143 g/mol. The van der Waals surface area contributed by atoms with Gasteiger partial charge in [0.2, 0.25) is 0 Å². The van der Waals surface area contributed by atoms with Crippen LogP contribution < -0.4 is 5.73 Å². The molecule has 0 spiro atoms. The van der Waals surface area contributed by atoms with Crippen molar-refractivity contribution in [2.45, 2.75) is 25.3 Å². The lowest BCUT2D eigenvalue weighted by atomic mass is 9.96. The predicted molar refractivity (Wildman–Crippen MR) is 39.7 cm³/mol. The van der Waals surface area contributed by atoms with Crippen LogP contribution in [-0.4, -0.2) is 16.6 Å². The molecule has 0 radical (unpaired) electrons. The maximum atomic E-state index is 10.4. The third-order valence-corrected chi connectivity index (χ3v) is 1.43. The summed E-state index contributed by atoms with van der Waals surface area (Å²) >= 11 is 0. The van der Waals surface area contributed by atoms with Crippen LogP contribution in [0.5, 0.6) is 0 Å². The second kappa shape index (κ2) is 3.37. The van der Waals surface area contributed by atoms with Crippen LogP contribution in [0.25, 0.3) is 0 Å². The van der Waals surface area contributed by atoms with Gasteiger partial charge in [-0.3, -0.25) is 0 Å². The lowest BCUT2D eigenvalue weighted by Gasteiger charge is -2.18. The number of carbonyl (C=O) groups is 1. The van der Waals surface area contributed by atoms with Gasteiger partial charge in [0.25, 0.3) is 0 Å². The molecule has 0 rings (SSSR count). The first-order valence-corrected chi connectivity index (χ1v) is 3.22. The minimum atomic E-state index is -1.23. The highest BCUT2D eigenvalue weighted by Gasteiger charge is 2.28. The Kier molecular flexibility index (Phi) is 3.09. The van der Waals surface area contributed by atoms with E-state index in [0.717, 1.165) is 6.42 Å². The number of carboxylic acid groups (broad SMARTS) is 1. The Labute approximate surface area is 60.5 Å². The molecule has 1 atom stereocenters. The zero-order chi connectivity index (χ0) is 8.20. The van der Waals surface area contributed by atoms with Crippen LogP contribution in [0.2, 0.25) is 0 Å². The molecule has 0 aliphatic carbocycles. The van der Waals surface area contributed by atoms with Gasteiger partial charge in [0, 0.05) is 0 Å². The number of carboxylic acids is 1. The Hall–Kier alpha value is -0.830. The van der Waals surface area contributed by atoms with Crippen molar-refractivity contribution in [1.29, 1.82) is 0 Å². The summed E-state index contributed by atoms with van der Waals surface area (Å²) in [5, 5.41) is 8.57. The van der Waals surface area contributed by atoms with Gasteiger partial charge >= 0.3 is 5.97 Å². The minimum Gasteiger partial charge on any atom is -0.480 e. The summed E-state index contributed by atoms with van der Waals surface area (Å²) in [7, 11) is 0. The maximum Gasteiger partial charge on any atom is 0.327 e. The van der Waals surface area contributed by atoms with Crippen molar-refractivity contribution in [2.75, 3.05) is 0 Å². The summed E-state index contributed by atoms with van der Waals surface area (Å²) in [6.07, 6.45) is 2.46. The molecule has 3 nitrogen and oxygen atoms in total. The van der Waals surface area contributed by atoms with Gasteiger partial charge in [0.15, 0.2) is 0 Å². The van der Waals surface area contributed by atoms with Crippen molar-refractivity contribution in [3.63, 3.8) is 0 Å². The first-order chi connectivity index (χ1) is 4.56. The van der Waals surface area contributed by atoms with Crippen molar-refractivity contribution in [1.82, 2.24) is 0 Å². The zero-order valence-electron chi connectivity index (χ0n) is 6.13. The van der Waals surface area contributed by atoms with Crippen LogP contribution >= 0.6 is 0 Å². The molecule has 0 fully saturated rings. The average Bonchev–Trinajstić information content (AvgIpc) is 1.88. The molecule has 0 heterocycles. The Morgan fingerprint density at radius 1 is 1.90 bits per heavy atom. The van der Waals surface area contributed by atoms with Crippen LogP contribution in [0.1, 0.15) is 19.8 Å². The normalized spacial score (nSPS) is 15.8. The number of hydrogen-bond donors (Lipinski definition) is 2. The zero-order valence-corrected chi connectivity index (χ0v) is 6.13. The van der Waals surface area contributed by atoms with E-state index >= 15 is 0 Å². The van der Waals surface area contributed by atoms with Crippen molar-refractivity contribution in [3.05, 3.63) is 12.7 Å². The smallest absolute Gasteiger partial charge is 0.327 e. The van der Waals surface area contributed by atoms with Gasteiger partial charge in [-0.1, -0.05) is 19.4 Å². The Morgan fingerprint density at radius 3 is 2.50 bits per heavy atom. The van der Waals surface area contributed by atoms with Gasteiger partial charge in [-0.25, -0.2) is 4.79 Å². The molecular formula is C7H13NO2. The van der Waals surface area contributed by atoms with Crippen LogP contribution in [0.3, 0.4) is 0 Å². The summed E-state index contributed by atoms with van der Waals surface area (Å²) < 4.78 is 0. The van der Waals surface area contributed by atoms with Crippen LogP contribution in [0, 0.1) is 0 Å². The van der Waals surface area contributed by atoms with Gasteiger partial charge in [-0.05, 0) is 6.42 Å². The van der Waals surface area contributed by atoms with E-state index < -0.39 is 11.5 Å². The van der Waals surface area contributed by atoms with Crippen molar-refractivity contribution in [2.24, 2.45) is 5.73 Å². The summed E-state index contributed by atoms with van der Waals surface area (Å²) in [6, 6.07) is 0. The first kappa shape index (κ1) is 9.17. The van der Waals surface area contributed by atoms with E-state index in [2.05, 4.69) is 6.58 Å². The SMILES string of the molecule is C=C[C@@](N)(CCC)C(=O)O. The molecule has 0 bridgehead atoms. The summed E-state index contributed by atoms with van der Waals surface area (Å²) in [6.45, 7) is 5.25. The summed E-state index contributed by atoms with van der Waals surface area (Å²) in [4.78, 5) is 10.4. The number of aliphatic carboxylic acids is 1. The summed E-state index contributed by atoms with van der Waals surface area (Å²) in [5.41, 5.74) is 4.21. The predicted octanol–water partition coefficient (Wildman–Crippen LogP) is 0.755. The fourth-order valence-corrected chi connectivity index (χ4v) is 0.710. The van der Waals surface area contributed by atoms with E-state index in [1.165, 1.54) is 6.08 Å². The van der Waals surface area contributed by atoms with E-state index in [4.69, 9.17) is 10.8 Å². The lowest BCUT2D eigenvalue weighted by Crippen LogP contribution is -2.45. The Morgan fingerprint density at radius 2 is 2.40 bits per heavy atom. The van der Waals surface area contributed by atoms with Gasteiger partial charge in [-0.2, -0.15) is 0 Å². The van der Waals surface area contributed by atoms with Crippen LogP contribution in [0.15, 0.2) is 12.7 Å². The van der Waals surface area contributed by atoms with Gasteiger partial charge in [0.1, 0.15) is 5.54 Å². The van der Waals surface area contributed by atoms with E-state index in [0.29, 0.717) is 6.42 Å². The van der Waals surface area contributed by atoms with Crippen molar-refractivity contribution >= 4 is 5.97 Å². The van der Waals surface area contributed by atoms with Crippen molar-refractivity contribution in [3.8, 4) is 0 Å². The average molecular weight is 143 g/mol. The van der Waals surface area contributed by atoms with E-state index in [1.54, 1.807) is 0 Å². The number of nitrogens with two attached hydrogens (primary N) is 1. The molecule has 0 aromatic heterocycles. The van der Waals surface area contributed by atoms with Crippen molar-refractivity contribution < 1.29 is 9.90 Å². The van der Waals surface area contributed by atoms with Crippen LogP contribution in [-0.2, 0) is 4.79 Å². The maximum absolute atomic E-state index is 10.4. The number of rotatable bonds is 4. The molecule has 58 valence electrons. The molecule has 3 heteroatoms. The molecule has 0 saturated carbocycles. The quantitative estimate of drug-likeness (QED) is 0.571. The fourth-order valence-electron chi connectivity index (χ4n) is 0.710. The van der Waals surface area contributed by atoms with Crippen LogP contribution in [0.4, 0.5) is 0 Å². The second-order valence-electron chi connectivity index (χ2n) is 2.30. The third-order valence-electron chi connectivity index (χ3n) is 1.43. The largest absolute Gasteiger partial charge is 0.480 e. The summed E-state index contributed by atoms with van der Waals surface area (Å²) in [5.74, 6) is -1.01. The van der Waals surface area contributed by atoms with Gasteiger partial charge in [-0.15, -0.1) is 6.58 Å². The Bertz CT molecular complexity index is 145. The molecule has 0 saturated heterocycles. The first-order valence-electron chi connectivity index (χ1n) is 3.22. The minimum absolute atomic E-state index is 0.436. The van der Waals surface area contributed by atoms with Gasteiger partial charge < -0.3 is 10.8 Å². The highest BCUT2D eigenvalue weighted by Crippen LogP contribution is 2.10. The molecule has 0 amide bonds. The second-order valence-corrected chi connectivity index (χ2v) is 2.30. The lowest BCUT2D eigenvalue weighted by molar-refractivity contribution is -0.141. The standard InChI is InChI=1S/C7H13NO2/c1-3-5-7(8,4-2)6(9)10/h4H,2-3,5,8H2,1H3,(H,9,10)/t7-/m1/s1.